The molecule has 2 heterocycles. The number of hydrogen-bond acceptors (Lipinski definition) is 23. The summed E-state index contributed by atoms with van der Waals surface area (Å²) in [5, 5.41) is 83.0. The number of rotatable bonds is 37. The second-order valence-corrected chi connectivity index (χ2v) is 14.4. The number of aliphatic hydroxyl groups excluding tert-OH is 7. The molecule has 9 unspecified atom stereocenters. The molecule has 2 amide bonds. The Morgan fingerprint density at radius 2 is 1.06 bits per heavy atom. The van der Waals surface area contributed by atoms with E-state index < -0.39 is 74.2 Å². The summed E-state index contributed by atoms with van der Waals surface area (Å²) in [5.74, 6) is -0.479. The van der Waals surface area contributed by atoms with Crippen molar-refractivity contribution in [1.82, 2.24) is 15.7 Å². The quantitative estimate of drug-likeness (QED) is 0.0205. The number of carbonyl (C=O) groups excluding carboxylic acids is 3. The van der Waals surface area contributed by atoms with E-state index in [0.717, 1.165) is 6.29 Å². The average molecular weight is 908 g/mol. The van der Waals surface area contributed by atoms with Crippen molar-refractivity contribution < 1.29 is 107 Å². The average Bonchev–Trinajstić information content (AvgIpc) is 3.26. The Morgan fingerprint density at radius 3 is 1.55 bits per heavy atom. The van der Waals surface area contributed by atoms with Gasteiger partial charge in [0.1, 0.15) is 36.8 Å². The Bertz CT molecular complexity index is 1100. The molecule has 364 valence electrons. The normalized spacial score (nSPS) is 26.6. The highest BCUT2D eigenvalue weighted by Gasteiger charge is 2.44. The Morgan fingerprint density at radius 1 is 0.597 bits per heavy atom. The molecule has 2 fully saturated rings. The molecule has 0 bridgehead atoms. The molecule has 10 N–H and O–H groups in total. The van der Waals surface area contributed by atoms with Gasteiger partial charge in [0, 0.05) is 37.8 Å². The lowest BCUT2D eigenvalue weighted by atomic mass is 9.94. The number of aldehydes is 1. The molecule has 0 aliphatic carbocycles. The molecular formula is C37H69N3O22. The molecule has 25 heteroatoms. The predicted octanol–water partition coefficient (Wildman–Crippen LogP) is -5.41. The van der Waals surface area contributed by atoms with Gasteiger partial charge in [-0.3, -0.25) is 9.59 Å². The van der Waals surface area contributed by atoms with Gasteiger partial charge in [-0.2, -0.15) is 0 Å². The molecular weight excluding hydrogens is 838 g/mol. The van der Waals surface area contributed by atoms with Gasteiger partial charge in [-0.15, -0.1) is 5.06 Å². The van der Waals surface area contributed by atoms with E-state index in [0.29, 0.717) is 5.06 Å². The summed E-state index contributed by atoms with van der Waals surface area (Å²) in [6, 6.07) is 0. The van der Waals surface area contributed by atoms with Crippen molar-refractivity contribution in [3.8, 4) is 0 Å². The molecule has 0 aromatic carbocycles. The number of hydrogen-bond donors (Lipinski definition) is 10. The third-order valence-electron chi connectivity index (χ3n) is 9.03. The van der Waals surface area contributed by atoms with Crippen molar-refractivity contribution in [3.05, 3.63) is 0 Å². The maximum Gasteiger partial charge on any atom is 0.222 e. The molecule has 0 saturated carbocycles. The summed E-state index contributed by atoms with van der Waals surface area (Å²) < 4.78 is 59.8. The van der Waals surface area contributed by atoms with Gasteiger partial charge < -0.3 is 108 Å². The third-order valence-corrected chi connectivity index (χ3v) is 9.03. The highest BCUT2D eigenvalue weighted by molar-refractivity contribution is 5.76. The van der Waals surface area contributed by atoms with Gasteiger partial charge in [0.25, 0.3) is 0 Å². The molecule has 0 spiro atoms. The second kappa shape index (κ2) is 33.3. The first-order valence-corrected chi connectivity index (χ1v) is 20.5. The molecule has 10 atom stereocenters. The van der Waals surface area contributed by atoms with Crippen LogP contribution in [0.5, 0.6) is 0 Å². The zero-order valence-electron chi connectivity index (χ0n) is 35.3. The van der Waals surface area contributed by atoms with Crippen molar-refractivity contribution in [2.45, 2.75) is 81.7 Å². The topological polar surface area (TPSA) is 342 Å². The van der Waals surface area contributed by atoms with Gasteiger partial charge in [-0.25, -0.2) is 0 Å². The summed E-state index contributed by atoms with van der Waals surface area (Å²) in [7, 11) is 0. The minimum atomic E-state index is -1.69. The minimum Gasteiger partial charge on any atom is -0.394 e. The van der Waals surface area contributed by atoms with Crippen LogP contribution >= 0.6 is 0 Å². The van der Waals surface area contributed by atoms with Gasteiger partial charge in [0.15, 0.2) is 25.0 Å². The number of hydroxylamine groups is 2. The summed E-state index contributed by atoms with van der Waals surface area (Å²) in [6.45, 7) is 3.96. The summed E-state index contributed by atoms with van der Waals surface area (Å²) in [5.41, 5.74) is -0.627. The van der Waals surface area contributed by atoms with Crippen molar-refractivity contribution in [1.29, 1.82) is 0 Å². The van der Waals surface area contributed by atoms with Gasteiger partial charge in [0.05, 0.1) is 119 Å². The highest BCUT2D eigenvalue weighted by atomic mass is 16.7. The van der Waals surface area contributed by atoms with E-state index in [-0.39, 0.29) is 150 Å². The zero-order chi connectivity index (χ0) is 45.6. The van der Waals surface area contributed by atoms with Gasteiger partial charge in [0.2, 0.25) is 11.8 Å². The van der Waals surface area contributed by atoms with Gasteiger partial charge in [-0.1, -0.05) is 6.92 Å². The lowest BCUT2D eigenvalue weighted by Crippen LogP contribution is -2.61. The van der Waals surface area contributed by atoms with Gasteiger partial charge >= 0.3 is 0 Å². The fourth-order valence-electron chi connectivity index (χ4n) is 5.57. The minimum absolute atomic E-state index is 0.00291. The van der Waals surface area contributed by atoms with E-state index in [1.54, 1.807) is 0 Å². The van der Waals surface area contributed by atoms with Crippen LogP contribution in [0.25, 0.3) is 0 Å². The standard InChI is InChI=1S/C37H69N3O22/c1-37(23-56-8-2-7-41,24-57-9-3-27(44)38-5-11-52-13-15-54-17-19-59-35-32(48)31(47)30(46)26(21-42)61-35)25-58-10-4-28(45)39-6-12-53-14-16-55-18-20-60-36-33(49)34(50)40(51)29(22-43)62-36/h7,26,29-36,42-43,46-51H,2-6,8-25H2,1H3,(H,38,44)(H,39,45)/t26?,29?,30?,31?,32?,33?,34-,35?,36?,37?/m0/s1. The van der Waals surface area contributed by atoms with Crippen LogP contribution in [0.4, 0.5) is 0 Å². The number of nitrogens with one attached hydrogen (secondary N) is 2. The van der Waals surface area contributed by atoms with Crippen LogP contribution in [0, 0.1) is 5.41 Å². The monoisotopic (exact) mass is 907 g/mol. The van der Waals surface area contributed by atoms with Gasteiger partial charge in [-0.05, 0) is 0 Å². The zero-order valence-corrected chi connectivity index (χ0v) is 35.3. The summed E-state index contributed by atoms with van der Waals surface area (Å²) in [4.78, 5) is 35.2. The fraction of sp³-hybridized carbons (Fsp3) is 0.919. The molecule has 0 aromatic heterocycles. The van der Waals surface area contributed by atoms with Crippen molar-refractivity contribution >= 4 is 18.1 Å². The van der Waals surface area contributed by atoms with Crippen molar-refractivity contribution in [3.63, 3.8) is 0 Å². The SMILES string of the molecule is CC(COCCC=O)(COCCC(=O)NCCOCCOCCOC1OC(CO)C(O)C(O)C1O)COCCC(=O)NCCOCCOCCOC1OC(CO)N(O)[C@@H](O)C1O. The molecule has 62 heavy (non-hydrogen) atoms. The maximum absolute atomic E-state index is 12.3. The Balaban J connectivity index is 1.47. The molecule has 2 rings (SSSR count). The van der Waals surface area contributed by atoms with E-state index in [1.165, 1.54) is 0 Å². The van der Waals surface area contributed by atoms with Crippen LogP contribution in [-0.4, -0.2) is 252 Å². The van der Waals surface area contributed by atoms with E-state index in [4.69, 9.17) is 52.1 Å². The third kappa shape index (κ3) is 22.6. The fourth-order valence-corrected chi connectivity index (χ4v) is 5.57. The summed E-state index contributed by atoms with van der Waals surface area (Å²) in [6.07, 6.45) is -11.4. The van der Waals surface area contributed by atoms with E-state index in [1.807, 2.05) is 6.92 Å². The molecule has 2 aliphatic heterocycles. The smallest absolute Gasteiger partial charge is 0.222 e. The second-order valence-electron chi connectivity index (χ2n) is 14.4. The van der Waals surface area contributed by atoms with Crippen LogP contribution < -0.4 is 10.6 Å². The first-order chi connectivity index (χ1) is 29.9. The molecule has 2 saturated heterocycles. The van der Waals surface area contributed by atoms with Crippen LogP contribution in [0.2, 0.25) is 0 Å². The lowest BCUT2D eigenvalue weighted by Gasteiger charge is -2.40. The number of nitrogens with zero attached hydrogens (tertiary/aromatic N) is 1. The first-order valence-electron chi connectivity index (χ1n) is 20.5. The number of aliphatic hydroxyl groups is 7. The number of ether oxygens (including phenoxy) is 11. The highest BCUT2D eigenvalue weighted by Crippen LogP contribution is 2.23. The van der Waals surface area contributed by atoms with E-state index >= 15 is 0 Å². The molecule has 0 aromatic rings. The molecule has 2 aliphatic rings. The largest absolute Gasteiger partial charge is 0.394 e. The molecule has 25 nitrogen and oxygen atoms in total. The number of amides is 2. The van der Waals surface area contributed by atoms with Crippen molar-refractivity contribution in [2.24, 2.45) is 5.41 Å². The van der Waals surface area contributed by atoms with Crippen LogP contribution in [0.3, 0.4) is 0 Å². The Labute approximate surface area is 360 Å². The van der Waals surface area contributed by atoms with E-state index in [2.05, 4.69) is 10.6 Å². The Kier molecular flexibility index (Phi) is 30.1. The molecule has 0 radical (unpaired) electrons. The lowest BCUT2D eigenvalue weighted by molar-refractivity contribution is -0.398. The van der Waals surface area contributed by atoms with Crippen LogP contribution in [-0.2, 0) is 66.5 Å². The maximum atomic E-state index is 12.3. The van der Waals surface area contributed by atoms with Crippen LogP contribution in [0.15, 0.2) is 0 Å². The van der Waals surface area contributed by atoms with Crippen LogP contribution in [0.1, 0.15) is 26.2 Å². The van der Waals surface area contributed by atoms with E-state index in [9.17, 15) is 55.3 Å². The van der Waals surface area contributed by atoms with Crippen molar-refractivity contribution in [2.75, 3.05) is 132 Å². The number of carbonyl (C=O) groups is 3. The Hall–Kier alpha value is -2.19. The summed E-state index contributed by atoms with van der Waals surface area (Å²) >= 11 is 0. The predicted molar refractivity (Wildman–Crippen MR) is 207 cm³/mol. The first kappa shape index (κ1) is 55.9.